The van der Waals surface area contributed by atoms with Crippen LogP contribution in [0, 0.1) is 0 Å². The van der Waals surface area contributed by atoms with Gasteiger partial charge in [-0.2, -0.15) is 0 Å². The highest BCUT2D eigenvalue weighted by Gasteiger charge is 2.18. The summed E-state index contributed by atoms with van der Waals surface area (Å²) in [6.07, 6.45) is 1.78. The molecule has 0 saturated carbocycles. The molecule has 6 nitrogen and oxygen atoms in total. The Kier molecular flexibility index (Phi) is 5.13. The van der Waals surface area contributed by atoms with E-state index in [2.05, 4.69) is 21.5 Å². The molecule has 1 N–H and O–H groups in total. The molecule has 2 aromatic rings. The summed E-state index contributed by atoms with van der Waals surface area (Å²) in [5.41, 5.74) is 1.08. The fourth-order valence-electron chi connectivity index (χ4n) is 2.69. The second kappa shape index (κ2) is 7.29. The minimum Gasteiger partial charge on any atom is -0.376 e. The van der Waals surface area contributed by atoms with Gasteiger partial charge in [0.05, 0.1) is 17.6 Å². The summed E-state index contributed by atoms with van der Waals surface area (Å²) in [6, 6.07) is 12.1. The zero-order chi connectivity index (χ0) is 17.0. The molecule has 0 radical (unpaired) electrons. The Morgan fingerprint density at radius 1 is 1.25 bits per heavy atom. The summed E-state index contributed by atoms with van der Waals surface area (Å²) < 4.78 is 32.7. The highest BCUT2D eigenvalue weighted by atomic mass is 32.2. The number of hydrogen-bond donors (Lipinski definition) is 1. The molecule has 1 aliphatic heterocycles. The number of rotatable bonds is 5. The Bertz CT molecular complexity index is 763. The second-order valence-corrected chi connectivity index (χ2v) is 7.56. The standard InChI is InChI=1S/C17H21N3O3S/c1-14-12-20(10-11-23-14)13-15-5-7-16(8-6-15)24(21,22)19-17-4-2-3-9-18-17/h2-9,14H,10-13H2,1H3,(H,18,19)/t14-/m1/s1. The van der Waals surface area contributed by atoms with Gasteiger partial charge in [0.2, 0.25) is 0 Å². The maximum atomic E-state index is 12.4. The van der Waals surface area contributed by atoms with Crippen molar-refractivity contribution < 1.29 is 13.2 Å². The zero-order valence-corrected chi connectivity index (χ0v) is 14.4. The first-order valence-electron chi connectivity index (χ1n) is 7.90. The summed E-state index contributed by atoms with van der Waals surface area (Å²) >= 11 is 0. The quantitative estimate of drug-likeness (QED) is 0.897. The number of aromatic nitrogens is 1. The average molecular weight is 347 g/mol. The molecular weight excluding hydrogens is 326 g/mol. The third-order valence-corrected chi connectivity index (χ3v) is 5.24. The molecule has 1 atom stereocenters. The molecule has 2 heterocycles. The van der Waals surface area contributed by atoms with Crippen LogP contribution in [0.25, 0.3) is 0 Å². The molecule has 0 bridgehead atoms. The van der Waals surface area contributed by atoms with Crippen LogP contribution in [-0.4, -0.2) is 44.1 Å². The van der Waals surface area contributed by atoms with E-state index in [4.69, 9.17) is 4.74 Å². The Morgan fingerprint density at radius 2 is 2.04 bits per heavy atom. The Labute approximate surface area is 142 Å². The lowest BCUT2D eigenvalue weighted by atomic mass is 10.2. The predicted octanol–water partition coefficient (Wildman–Crippen LogP) is 2.10. The van der Waals surface area contributed by atoms with Crippen molar-refractivity contribution in [3.63, 3.8) is 0 Å². The molecule has 128 valence electrons. The average Bonchev–Trinajstić information content (AvgIpc) is 2.56. The van der Waals surface area contributed by atoms with Gasteiger partial charge in [0.25, 0.3) is 10.0 Å². The monoisotopic (exact) mass is 347 g/mol. The molecule has 0 spiro atoms. The van der Waals surface area contributed by atoms with E-state index < -0.39 is 10.0 Å². The van der Waals surface area contributed by atoms with E-state index in [-0.39, 0.29) is 11.0 Å². The van der Waals surface area contributed by atoms with Crippen molar-refractivity contribution in [1.82, 2.24) is 9.88 Å². The van der Waals surface area contributed by atoms with E-state index >= 15 is 0 Å². The number of pyridine rings is 1. The van der Waals surface area contributed by atoms with E-state index in [1.54, 1.807) is 36.5 Å². The predicted molar refractivity (Wildman–Crippen MR) is 92.2 cm³/mol. The zero-order valence-electron chi connectivity index (χ0n) is 13.6. The van der Waals surface area contributed by atoms with Crippen molar-refractivity contribution in [2.45, 2.75) is 24.5 Å². The van der Waals surface area contributed by atoms with Gasteiger partial charge >= 0.3 is 0 Å². The van der Waals surface area contributed by atoms with Gasteiger partial charge in [-0.1, -0.05) is 18.2 Å². The van der Waals surface area contributed by atoms with Crippen LogP contribution < -0.4 is 4.72 Å². The normalized spacial score (nSPS) is 19.1. The number of morpholine rings is 1. The van der Waals surface area contributed by atoms with Gasteiger partial charge in [0, 0.05) is 25.8 Å². The van der Waals surface area contributed by atoms with Crippen LogP contribution in [0.2, 0.25) is 0 Å². The highest BCUT2D eigenvalue weighted by Crippen LogP contribution is 2.16. The van der Waals surface area contributed by atoms with Crippen molar-refractivity contribution >= 4 is 15.8 Å². The van der Waals surface area contributed by atoms with Gasteiger partial charge in [0.1, 0.15) is 5.82 Å². The SMILES string of the molecule is C[C@@H]1CN(Cc2ccc(S(=O)(=O)Nc3ccccn3)cc2)CCO1. The summed E-state index contributed by atoms with van der Waals surface area (Å²) in [5, 5.41) is 0. The molecule has 1 fully saturated rings. The molecule has 1 aromatic carbocycles. The first kappa shape index (κ1) is 16.9. The number of hydrogen-bond acceptors (Lipinski definition) is 5. The molecule has 24 heavy (non-hydrogen) atoms. The smallest absolute Gasteiger partial charge is 0.263 e. The number of nitrogens with one attached hydrogen (secondary N) is 1. The van der Waals surface area contributed by atoms with Crippen LogP contribution in [0.15, 0.2) is 53.6 Å². The fourth-order valence-corrected chi connectivity index (χ4v) is 3.69. The Morgan fingerprint density at radius 3 is 2.71 bits per heavy atom. The van der Waals surface area contributed by atoms with Crippen LogP contribution in [0.3, 0.4) is 0 Å². The van der Waals surface area contributed by atoms with Gasteiger partial charge in [0.15, 0.2) is 0 Å². The maximum absolute atomic E-state index is 12.4. The van der Waals surface area contributed by atoms with Crippen LogP contribution in [-0.2, 0) is 21.3 Å². The molecule has 0 unspecified atom stereocenters. The Balaban J connectivity index is 1.67. The molecule has 0 aliphatic carbocycles. The summed E-state index contributed by atoms with van der Waals surface area (Å²) in [7, 11) is -3.62. The highest BCUT2D eigenvalue weighted by molar-refractivity contribution is 7.92. The van der Waals surface area contributed by atoms with Gasteiger partial charge in [-0.25, -0.2) is 13.4 Å². The van der Waals surface area contributed by atoms with Crippen LogP contribution >= 0.6 is 0 Å². The number of ether oxygens (including phenoxy) is 1. The van der Waals surface area contributed by atoms with E-state index in [0.29, 0.717) is 5.82 Å². The van der Waals surface area contributed by atoms with Gasteiger partial charge in [-0.15, -0.1) is 0 Å². The van der Waals surface area contributed by atoms with E-state index in [9.17, 15) is 8.42 Å². The minimum absolute atomic E-state index is 0.229. The third-order valence-electron chi connectivity index (χ3n) is 3.87. The lowest BCUT2D eigenvalue weighted by molar-refractivity contribution is -0.0212. The van der Waals surface area contributed by atoms with Crippen molar-refractivity contribution in [2.75, 3.05) is 24.4 Å². The van der Waals surface area contributed by atoms with Gasteiger partial charge in [-0.3, -0.25) is 9.62 Å². The molecule has 1 aliphatic rings. The van der Waals surface area contributed by atoms with Crippen molar-refractivity contribution in [3.8, 4) is 0 Å². The molecule has 3 rings (SSSR count). The van der Waals surface area contributed by atoms with Gasteiger partial charge in [-0.05, 0) is 36.8 Å². The number of benzene rings is 1. The molecular formula is C17H21N3O3S. The molecule has 0 amide bonds. The molecule has 1 aromatic heterocycles. The van der Waals surface area contributed by atoms with Crippen molar-refractivity contribution in [2.24, 2.45) is 0 Å². The van der Waals surface area contributed by atoms with Crippen LogP contribution in [0.5, 0.6) is 0 Å². The van der Waals surface area contributed by atoms with Crippen molar-refractivity contribution in [1.29, 1.82) is 0 Å². The number of nitrogens with zero attached hydrogens (tertiary/aromatic N) is 2. The maximum Gasteiger partial charge on any atom is 0.263 e. The first-order valence-corrected chi connectivity index (χ1v) is 9.38. The molecule has 7 heteroatoms. The third kappa shape index (κ3) is 4.31. The van der Waals surface area contributed by atoms with Crippen molar-refractivity contribution in [3.05, 3.63) is 54.2 Å². The fraction of sp³-hybridized carbons (Fsp3) is 0.353. The number of sulfonamides is 1. The minimum atomic E-state index is -3.62. The number of anilines is 1. The summed E-state index contributed by atoms with van der Waals surface area (Å²) in [5.74, 6) is 0.309. The molecule has 1 saturated heterocycles. The van der Waals surface area contributed by atoms with Crippen LogP contribution in [0.1, 0.15) is 12.5 Å². The summed E-state index contributed by atoms with van der Waals surface area (Å²) in [6.45, 7) is 5.38. The summed E-state index contributed by atoms with van der Waals surface area (Å²) in [4.78, 5) is 6.52. The van der Waals surface area contributed by atoms with Gasteiger partial charge < -0.3 is 4.74 Å². The largest absolute Gasteiger partial charge is 0.376 e. The lowest BCUT2D eigenvalue weighted by Gasteiger charge is -2.31. The van der Waals surface area contributed by atoms with E-state index in [0.717, 1.165) is 31.8 Å². The first-order chi connectivity index (χ1) is 11.5. The van der Waals surface area contributed by atoms with Crippen LogP contribution in [0.4, 0.5) is 5.82 Å². The van der Waals surface area contributed by atoms with E-state index in [1.165, 1.54) is 0 Å². The topological polar surface area (TPSA) is 71.5 Å². The second-order valence-electron chi connectivity index (χ2n) is 5.88. The Hall–Kier alpha value is -1.96. The van der Waals surface area contributed by atoms with E-state index in [1.807, 2.05) is 12.1 Å². The lowest BCUT2D eigenvalue weighted by Crippen LogP contribution is -2.40.